The minimum atomic E-state index is -0.200. The molecule has 2 aliphatic heterocycles. The fourth-order valence-electron chi connectivity index (χ4n) is 6.51. The van der Waals surface area contributed by atoms with Crippen LogP contribution >= 0.6 is 12.2 Å². The molecule has 0 bridgehead atoms. The maximum Gasteiger partial charge on any atom is 0.232 e. The molecule has 3 heterocycles. The molecule has 0 radical (unpaired) electrons. The van der Waals surface area contributed by atoms with E-state index >= 15 is 0 Å². The fourth-order valence-corrected chi connectivity index (χ4v) is 6.68. The summed E-state index contributed by atoms with van der Waals surface area (Å²) < 4.78 is 13.6. The van der Waals surface area contributed by atoms with Crippen LogP contribution in [-0.2, 0) is 18.5 Å². The van der Waals surface area contributed by atoms with Crippen molar-refractivity contribution in [1.29, 1.82) is 0 Å². The van der Waals surface area contributed by atoms with E-state index in [1.807, 2.05) is 12.1 Å². The van der Waals surface area contributed by atoms with Gasteiger partial charge in [0.05, 0.1) is 0 Å². The van der Waals surface area contributed by atoms with Crippen molar-refractivity contribution in [2.45, 2.75) is 64.0 Å². The summed E-state index contributed by atoms with van der Waals surface area (Å²) >= 11 is 5.75. The number of hydrogen-bond acceptors (Lipinski definition) is 5. The average Bonchev–Trinajstić information content (AvgIpc) is 3.60. The van der Waals surface area contributed by atoms with Gasteiger partial charge in [-0.1, -0.05) is 56.2 Å². The van der Waals surface area contributed by atoms with Crippen LogP contribution in [0.1, 0.15) is 62.1 Å². The highest BCUT2D eigenvalue weighted by Crippen LogP contribution is 2.40. The van der Waals surface area contributed by atoms with E-state index in [4.69, 9.17) is 22.2 Å². The van der Waals surface area contributed by atoms with Gasteiger partial charge in [-0.15, -0.1) is 0 Å². The molecule has 0 spiro atoms. The Morgan fingerprint density at radius 2 is 1.64 bits per heavy atom. The minimum Gasteiger partial charge on any atom is -0.361 e. The van der Waals surface area contributed by atoms with Gasteiger partial charge in [-0.3, -0.25) is 0 Å². The van der Waals surface area contributed by atoms with Gasteiger partial charge in [0.1, 0.15) is 17.5 Å². The largest absolute Gasteiger partial charge is 0.361 e. The first-order valence-corrected chi connectivity index (χ1v) is 14.6. The van der Waals surface area contributed by atoms with Crippen LogP contribution in [-0.4, -0.2) is 34.7 Å². The van der Waals surface area contributed by atoms with E-state index in [2.05, 4.69) is 57.7 Å². The van der Waals surface area contributed by atoms with E-state index in [0.29, 0.717) is 23.5 Å². The highest BCUT2D eigenvalue weighted by Gasteiger charge is 2.35. The average molecular weight is 545 g/mol. The smallest absolute Gasteiger partial charge is 0.232 e. The van der Waals surface area contributed by atoms with Crippen molar-refractivity contribution in [2.75, 3.05) is 34.8 Å². The summed E-state index contributed by atoms with van der Waals surface area (Å²) in [6.45, 7) is 6.69. The molecule has 8 heteroatoms. The van der Waals surface area contributed by atoms with Gasteiger partial charge in [0.15, 0.2) is 5.11 Å². The summed E-state index contributed by atoms with van der Waals surface area (Å²) in [6.07, 6.45) is 6.88. The summed E-state index contributed by atoms with van der Waals surface area (Å²) in [6, 6.07) is 17.7. The standard InChI is InChI=1S/C31H37FN6S/c1-22-7-6-16-37(18-22)27-17-28(38-19-23-8-2-3-9-24(23)20-38)35-29(34-27)36-30(39)33-21-31(14-4-5-15-31)25-10-12-26(32)13-11-25/h2-3,8-13,17,22H,4-7,14-16,18-21H2,1H3,(H2,33,34,35,36,39). The van der Waals surface area contributed by atoms with Gasteiger partial charge in [0.25, 0.3) is 0 Å². The van der Waals surface area contributed by atoms with E-state index in [-0.39, 0.29) is 11.2 Å². The fraction of sp³-hybridized carbons (Fsp3) is 0.452. The van der Waals surface area contributed by atoms with Gasteiger partial charge >= 0.3 is 0 Å². The van der Waals surface area contributed by atoms with E-state index in [1.54, 1.807) is 12.1 Å². The number of nitrogens with zero attached hydrogens (tertiary/aromatic N) is 4. The molecule has 1 atom stereocenters. The van der Waals surface area contributed by atoms with Crippen LogP contribution in [0.5, 0.6) is 0 Å². The topological polar surface area (TPSA) is 56.3 Å². The Kier molecular flexibility index (Phi) is 7.38. The summed E-state index contributed by atoms with van der Waals surface area (Å²) in [5.74, 6) is 2.83. The van der Waals surface area contributed by atoms with Crippen LogP contribution < -0.4 is 20.4 Å². The quantitative estimate of drug-likeness (QED) is 0.360. The second kappa shape index (κ2) is 11.1. The van der Waals surface area contributed by atoms with E-state index < -0.39 is 0 Å². The Hall–Kier alpha value is -3.26. The van der Waals surface area contributed by atoms with E-state index in [0.717, 1.165) is 50.7 Å². The van der Waals surface area contributed by atoms with Crippen molar-refractivity contribution < 1.29 is 4.39 Å². The maximum atomic E-state index is 13.6. The molecule has 1 aromatic heterocycles. The molecule has 1 saturated carbocycles. The zero-order valence-electron chi connectivity index (χ0n) is 22.6. The molecule has 6 nitrogen and oxygen atoms in total. The highest BCUT2D eigenvalue weighted by molar-refractivity contribution is 7.80. The van der Waals surface area contributed by atoms with Crippen LogP contribution in [0, 0.1) is 11.7 Å². The Morgan fingerprint density at radius 1 is 0.974 bits per heavy atom. The summed E-state index contributed by atoms with van der Waals surface area (Å²) in [5.41, 5.74) is 3.82. The van der Waals surface area contributed by atoms with Crippen LogP contribution in [0.15, 0.2) is 54.6 Å². The normalized spacial score (nSPS) is 20.1. The lowest BCUT2D eigenvalue weighted by molar-refractivity contribution is 0.434. The van der Waals surface area contributed by atoms with Gasteiger partial charge < -0.3 is 20.4 Å². The lowest BCUT2D eigenvalue weighted by Gasteiger charge is -2.33. The van der Waals surface area contributed by atoms with Gasteiger partial charge in [-0.25, -0.2) is 4.39 Å². The molecule has 6 rings (SSSR count). The second-order valence-electron chi connectivity index (χ2n) is 11.5. The minimum absolute atomic E-state index is 0.0431. The van der Waals surface area contributed by atoms with Gasteiger partial charge in [0.2, 0.25) is 5.95 Å². The predicted octanol–water partition coefficient (Wildman–Crippen LogP) is 6.17. The SMILES string of the molecule is CC1CCCN(c2cc(N3Cc4ccccc4C3)nc(NC(=S)NCC3(c4ccc(F)cc4)CCCC3)n2)C1. The molecule has 2 aromatic carbocycles. The van der Waals surface area contributed by atoms with Crippen LogP contribution in [0.2, 0.25) is 0 Å². The number of nitrogens with one attached hydrogen (secondary N) is 2. The third-order valence-electron chi connectivity index (χ3n) is 8.67. The third-order valence-corrected chi connectivity index (χ3v) is 8.92. The van der Waals surface area contributed by atoms with Gasteiger partial charge in [-0.2, -0.15) is 9.97 Å². The van der Waals surface area contributed by atoms with Crippen LogP contribution in [0.4, 0.5) is 22.0 Å². The Bertz CT molecular complexity index is 1300. The predicted molar refractivity (Wildman–Crippen MR) is 160 cm³/mol. The number of anilines is 3. The number of thiocarbonyl (C=S) groups is 1. The first-order chi connectivity index (χ1) is 19.0. The first kappa shape index (κ1) is 26.0. The second-order valence-corrected chi connectivity index (χ2v) is 11.9. The molecule has 204 valence electrons. The van der Waals surface area contributed by atoms with Gasteiger partial charge in [-0.05, 0) is 72.6 Å². The molecule has 1 unspecified atom stereocenters. The van der Waals surface area contributed by atoms with Gasteiger partial charge in [0, 0.05) is 44.2 Å². The van der Waals surface area contributed by atoms with Crippen LogP contribution in [0.3, 0.4) is 0 Å². The van der Waals surface area contributed by atoms with Crippen molar-refractivity contribution >= 4 is 34.9 Å². The number of hydrogen-bond donors (Lipinski definition) is 2. The Balaban J connectivity index is 1.21. The molecule has 3 aromatic rings. The van der Waals surface area contributed by atoms with Crippen molar-refractivity contribution in [3.63, 3.8) is 0 Å². The maximum absolute atomic E-state index is 13.6. The van der Waals surface area contributed by atoms with E-state index in [1.165, 1.54) is 42.4 Å². The number of piperidine rings is 1. The van der Waals surface area contributed by atoms with Crippen molar-refractivity contribution in [3.8, 4) is 0 Å². The number of benzene rings is 2. The van der Waals surface area contributed by atoms with Crippen molar-refractivity contribution in [3.05, 3.63) is 77.1 Å². The lowest BCUT2D eigenvalue weighted by Crippen LogP contribution is -2.41. The molecular weight excluding hydrogens is 507 g/mol. The molecule has 2 N–H and O–H groups in total. The highest BCUT2D eigenvalue weighted by atomic mass is 32.1. The molecule has 1 saturated heterocycles. The summed E-state index contributed by atoms with van der Waals surface area (Å²) in [5, 5.41) is 7.28. The molecule has 0 amide bonds. The third kappa shape index (κ3) is 5.71. The summed E-state index contributed by atoms with van der Waals surface area (Å²) in [7, 11) is 0. The monoisotopic (exact) mass is 544 g/mol. The Morgan fingerprint density at radius 3 is 2.31 bits per heavy atom. The van der Waals surface area contributed by atoms with Crippen LogP contribution in [0.25, 0.3) is 0 Å². The van der Waals surface area contributed by atoms with E-state index in [9.17, 15) is 4.39 Å². The first-order valence-electron chi connectivity index (χ1n) is 14.2. The van der Waals surface area contributed by atoms with Crippen molar-refractivity contribution in [1.82, 2.24) is 15.3 Å². The molecular formula is C31H37FN6S. The number of rotatable bonds is 6. The number of fused-ring (bicyclic) bond motifs is 1. The zero-order chi connectivity index (χ0) is 26.8. The number of halogens is 1. The summed E-state index contributed by atoms with van der Waals surface area (Å²) in [4.78, 5) is 14.5. The molecule has 1 aliphatic carbocycles. The molecule has 2 fully saturated rings. The lowest BCUT2D eigenvalue weighted by atomic mass is 9.79. The molecule has 39 heavy (non-hydrogen) atoms. The Labute approximate surface area is 236 Å². The molecule has 3 aliphatic rings. The van der Waals surface area contributed by atoms with Crippen molar-refractivity contribution in [2.24, 2.45) is 5.92 Å². The number of aromatic nitrogens is 2. The zero-order valence-corrected chi connectivity index (χ0v) is 23.4.